The maximum Gasteiger partial charge on any atom is 0.305 e. The molecule has 182 valence electrons. The van der Waals surface area contributed by atoms with E-state index in [-0.39, 0.29) is 30.0 Å². The number of esters is 1. The van der Waals surface area contributed by atoms with Gasteiger partial charge in [-0.25, -0.2) is 0 Å². The molecule has 1 aliphatic carbocycles. The standard InChI is InChI=1S/C28H40O5/c1-3-5-9-17-25(29)23(21-14-10-8-11-15-21)19-24-22(26(30)20-27(24)31)16-12-6-7-13-18-28(32)33-4-2/h6,8,10-12,14-15,19,22,24-25,27,29,31H,3-5,7,9,13,16-18,20H2,1-2H3/b12-6-,23-19+/t22-,24-,25-,27-/m1/s1. The molecule has 1 fully saturated rings. The first-order chi connectivity index (χ1) is 16.0. The zero-order valence-electron chi connectivity index (χ0n) is 20.1. The molecule has 0 bridgehead atoms. The number of hydrogen-bond donors (Lipinski definition) is 2. The highest BCUT2D eigenvalue weighted by Gasteiger charge is 2.40. The average molecular weight is 457 g/mol. The fraction of sp³-hybridized carbons (Fsp3) is 0.571. The molecule has 0 spiro atoms. The number of unbranched alkanes of at least 4 members (excludes halogenated alkanes) is 3. The zero-order chi connectivity index (χ0) is 24.1. The van der Waals surface area contributed by atoms with Crippen LogP contribution in [0.3, 0.4) is 0 Å². The summed E-state index contributed by atoms with van der Waals surface area (Å²) < 4.78 is 4.93. The molecule has 0 saturated heterocycles. The molecule has 0 unspecified atom stereocenters. The van der Waals surface area contributed by atoms with Gasteiger partial charge in [-0.15, -0.1) is 0 Å². The predicted octanol–water partition coefficient (Wildman–Crippen LogP) is 5.26. The van der Waals surface area contributed by atoms with E-state index in [1.54, 1.807) is 6.92 Å². The maximum absolute atomic E-state index is 12.6. The van der Waals surface area contributed by atoms with E-state index in [4.69, 9.17) is 4.74 Å². The fourth-order valence-electron chi connectivity index (χ4n) is 4.43. The topological polar surface area (TPSA) is 83.8 Å². The lowest BCUT2D eigenvalue weighted by atomic mass is 9.86. The summed E-state index contributed by atoms with van der Waals surface area (Å²) >= 11 is 0. The van der Waals surface area contributed by atoms with E-state index in [1.807, 2.05) is 48.6 Å². The summed E-state index contributed by atoms with van der Waals surface area (Å²) in [5.74, 6) is -0.746. The van der Waals surface area contributed by atoms with Crippen molar-refractivity contribution in [2.75, 3.05) is 6.61 Å². The first-order valence-electron chi connectivity index (χ1n) is 12.4. The minimum absolute atomic E-state index is 0.0628. The summed E-state index contributed by atoms with van der Waals surface area (Å²) in [5, 5.41) is 21.6. The van der Waals surface area contributed by atoms with E-state index in [2.05, 4.69) is 6.92 Å². The number of ether oxygens (including phenoxy) is 1. The fourth-order valence-corrected chi connectivity index (χ4v) is 4.43. The molecule has 1 aromatic rings. The molecule has 1 saturated carbocycles. The smallest absolute Gasteiger partial charge is 0.305 e. The van der Waals surface area contributed by atoms with Crippen LogP contribution in [-0.2, 0) is 14.3 Å². The van der Waals surface area contributed by atoms with E-state index in [0.29, 0.717) is 32.3 Å². The molecule has 1 aromatic carbocycles. The van der Waals surface area contributed by atoms with Crippen LogP contribution in [0.1, 0.15) is 77.2 Å². The second kappa shape index (κ2) is 14.8. The normalized spacial score (nSPS) is 22.1. The first kappa shape index (κ1) is 27.0. The Hall–Kier alpha value is -2.24. The number of Topliss-reactive ketones (excluding diaryl/α,β-unsaturated/α-hetero) is 1. The van der Waals surface area contributed by atoms with Crippen molar-refractivity contribution >= 4 is 17.3 Å². The van der Waals surface area contributed by atoms with Gasteiger partial charge in [-0.1, -0.05) is 74.7 Å². The molecule has 0 heterocycles. The number of benzene rings is 1. The summed E-state index contributed by atoms with van der Waals surface area (Å²) in [7, 11) is 0. The maximum atomic E-state index is 12.6. The number of carbonyl (C=O) groups excluding carboxylic acids is 2. The number of hydrogen-bond acceptors (Lipinski definition) is 5. The Labute approximate surface area is 198 Å². The predicted molar refractivity (Wildman–Crippen MR) is 131 cm³/mol. The van der Waals surface area contributed by atoms with Crippen LogP contribution in [-0.4, -0.2) is 40.8 Å². The lowest BCUT2D eigenvalue weighted by molar-refractivity contribution is -0.143. The van der Waals surface area contributed by atoms with Gasteiger partial charge in [-0.05, 0) is 43.7 Å². The van der Waals surface area contributed by atoms with Gasteiger partial charge in [0.15, 0.2) is 0 Å². The van der Waals surface area contributed by atoms with Gasteiger partial charge < -0.3 is 14.9 Å². The third-order valence-electron chi connectivity index (χ3n) is 6.27. The molecule has 4 atom stereocenters. The van der Waals surface area contributed by atoms with Crippen molar-refractivity contribution in [2.24, 2.45) is 11.8 Å². The minimum atomic E-state index is -0.735. The summed E-state index contributed by atoms with van der Waals surface area (Å²) in [6, 6.07) is 9.75. The Bertz CT molecular complexity index is 783. The Balaban J connectivity index is 2.09. The van der Waals surface area contributed by atoms with Crippen LogP contribution in [0, 0.1) is 11.8 Å². The highest BCUT2D eigenvalue weighted by Crippen LogP contribution is 2.36. The third-order valence-corrected chi connectivity index (χ3v) is 6.27. The molecular formula is C28H40O5. The van der Waals surface area contributed by atoms with Crippen molar-refractivity contribution < 1.29 is 24.5 Å². The summed E-state index contributed by atoms with van der Waals surface area (Å²) in [5.41, 5.74) is 1.73. The van der Waals surface area contributed by atoms with Crippen LogP contribution in [0.5, 0.6) is 0 Å². The van der Waals surface area contributed by atoms with Crippen molar-refractivity contribution in [3.63, 3.8) is 0 Å². The summed E-state index contributed by atoms with van der Waals surface area (Å²) in [6.07, 6.45) is 10.8. The Morgan fingerprint density at radius 3 is 2.61 bits per heavy atom. The van der Waals surface area contributed by atoms with Gasteiger partial charge in [0.25, 0.3) is 0 Å². The van der Waals surface area contributed by atoms with Crippen LogP contribution >= 0.6 is 0 Å². The van der Waals surface area contributed by atoms with Crippen LogP contribution in [0.4, 0.5) is 0 Å². The molecule has 0 aromatic heterocycles. The Morgan fingerprint density at radius 2 is 1.91 bits per heavy atom. The number of rotatable bonds is 14. The van der Waals surface area contributed by atoms with Gasteiger partial charge >= 0.3 is 5.97 Å². The second-order valence-electron chi connectivity index (χ2n) is 8.83. The largest absolute Gasteiger partial charge is 0.466 e. The van der Waals surface area contributed by atoms with E-state index in [1.165, 1.54) is 0 Å². The first-order valence-corrected chi connectivity index (χ1v) is 12.4. The molecular weight excluding hydrogens is 416 g/mol. The average Bonchev–Trinajstić information content (AvgIpc) is 3.07. The second-order valence-corrected chi connectivity index (χ2v) is 8.83. The monoisotopic (exact) mass is 456 g/mol. The van der Waals surface area contributed by atoms with Crippen molar-refractivity contribution in [3.8, 4) is 0 Å². The molecule has 0 amide bonds. The molecule has 2 N–H and O–H groups in total. The van der Waals surface area contributed by atoms with Crippen LogP contribution in [0.2, 0.25) is 0 Å². The van der Waals surface area contributed by atoms with Crippen molar-refractivity contribution in [2.45, 2.75) is 83.8 Å². The van der Waals surface area contributed by atoms with Gasteiger partial charge in [0.2, 0.25) is 0 Å². The van der Waals surface area contributed by atoms with Gasteiger partial charge in [-0.3, -0.25) is 9.59 Å². The quantitative estimate of drug-likeness (QED) is 0.227. The van der Waals surface area contributed by atoms with Crippen molar-refractivity contribution in [3.05, 3.63) is 54.1 Å². The Kier molecular flexibility index (Phi) is 12.1. The molecule has 1 aliphatic rings. The van der Waals surface area contributed by atoms with Crippen LogP contribution in [0.25, 0.3) is 5.57 Å². The molecule has 0 radical (unpaired) electrons. The summed E-state index contributed by atoms with van der Waals surface area (Å²) in [4.78, 5) is 24.0. The number of allylic oxidation sites excluding steroid dienone is 2. The van der Waals surface area contributed by atoms with Gasteiger partial charge in [0.1, 0.15) is 5.78 Å². The van der Waals surface area contributed by atoms with Crippen LogP contribution in [0.15, 0.2) is 48.6 Å². The lowest BCUT2D eigenvalue weighted by Gasteiger charge is -2.22. The molecule has 5 heteroatoms. The van der Waals surface area contributed by atoms with Gasteiger partial charge in [-0.2, -0.15) is 0 Å². The number of ketones is 1. The molecule has 5 nitrogen and oxygen atoms in total. The molecule has 0 aliphatic heterocycles. The molecule has 2 rings (SSSR count). The Morgan fingerprint density at radius 1 is 1.15 bits per heavy atom. The number of aliphatic hydroxyl groups is 2. The third kappa shape index (κ3) is 8.90. The van der Waals surface area contributed by atoms with Gasteiger partial charge in [0, 0.05) is 24.7 Å². The van der Waals surface area contributed by atoms with Crippen LogP contribution < -0.4 is 0 Å². The van der Waals surface area contributed by atoms with Gasteiger partial charge in [0.05, 0.1) is 18.8 Å². The SMILES string of the molecule is CCCCC[C@@H](O)/C(=C/[C@H]1[C@H](O)CC(=O)[C@@H]1C/C=C\CCCC(=O)OCC)c1ccccc1. The van der Waals surface area contributed by atoms with E-state index in [9.17, 15) is 19.8 Å². The highest BCUT2D eigenvalue weighted by molar-refractivity contribution is 5.85. The number of aliphatic hydroxyl groups excluding tert-OH is 2. The van der Waals surface area contributed by atoms with Crippen molar-refractivity contribution in [1.82, 2.24) is 0 Å². The van der Waals surface area contributed by atoms with E-state index in [0.717, 1.165) is 36.8 Å². The minimum Gasteiger partial charge on any atom is -0.466 e. The highest BCUT2D eigenvalue weighted by atomic mass is 16.5. The lowest BCUT2D eigenvalue weighted by Crippen LogP contribution is -2.20. The van der Waals surface area contributed by atoms with E-state index >= 15 is 0 Å². The van der Waals surface area contributed by atoms with Crippen molar-refractivity contribution in [1.29, 1.82) is 0 Å². The molecule has 33 heavy (non-hydrogen) atoms. The zero-order valence-corrected chi connectivity index (χ0v) is 20.1. The summed E-state index contributed by atoms with van der Waals surface area (Å²) in [6.45, 7) is 4.33. The van der Waals surface area contributed by atoms with E-state index < -0.39 is 12.2 Å². The number of carbonyl (C=O) groups is 2.